The van der Waals surface area contributed by atoms with Crippen LogP contribution in [-0.2, 0) is 33.6 Å². The van der Waals surface area contributed by atoms with Crippen molar-refractivity contribution in [3.8, 4) is 0 Å². The lowest BCUT2D eigenvalue weighted by Crippen LogP contribution is -2.55. The molecule has 0 unspecified atom stereocenters. The lowest BCUT2D eigenvalue weighted by molar-refractivity contribution is -0.144. The Morgan fingerprint density at radius 1 is 0.639 bits per heavy atom. The number of rotatable bonds is 16. The molecule has 0 aromatic rings. The molecule has 1 atom stereocenters. The van der Waals surface area contributed by atoms with Gasteiger partial charge in [0.15, 0.2) is 0 Å². The Balaban J connectivity index is 2.59. The van der Waals surface area contributed by atoms with Gasteiger partial charge in [-0.25, -0.2) is 0 Å². The summed E-state index contributed by atoms with van der Waals surface area (Å²) < 4.78 is 0. The monoisotopic (exact) mass is 514 g/mol. The van der Waals surface area contributed by atoms with Crippen molar-refractivity contribution in [1.82, 2.24) is 20.4 Å². The van der Waals surface area contributed by atoms with E-state index in [0.717, 1.165) is 0 Å². The molecular weight excluding hydrogens is 480 g/mol. The van der Waals surface area contributed by atoms with Crippen LogP contribution in [0.5, 0.6) is 0 Å². The van der Waals surface area contributed by atoms with Crippen molar-refractivity contribution in [2.75, 3.05) is 32.7 Å². The summed E-state index contributed by atoms with van der Waals surface area (Å²) in [6.07, 6.45) is -0.329. The molecule has 0 aromatic carbocycles. The van der Waals surface area contributed by atoms with Crippen LogP contribution in [0.1, 0.15) is 57.8 Å². The number of piperazine rings is 1. The van der Waals surface area contributed by atoms with Gasteiger partial charge in [0.1, 0.15) is 6.04 Å². The highest BCUT2D eigenvalue weighted by molar-refractivity contribution is 5.89. The van der Waals surface area contributed by atoms with E-state index >= 15 is 0 Å². The summed E-state index contributed by atoms with van der Waals surface area (Å²) in [4.78, 5) is 83.8. The normalized spacial score (nSPS) is 14.0. The number of nitrogens with zero attached hydrogens (tertiary/aromatic N) is 2. The molecule has 1 rings (SSSR count). The molecule has 0 bridgehead atoms. The first-order valence-corrected chi connectivity index (χ1v) is 11.8. The van der Waals surface area contributed by atoms with E-state index in [4.69, 9.17) is 15.3 Å². The van der Waals surface area contributed by atoms with Gasteiger partial charge in [-0.3, -0.25) is 33.6 Å². The van der Waals surface area contributed by atoms with Crippen LogP contribution < -0.4 is 10.6 Å². The number of hydrogen-bond donors (Lipinski definition) is 5. The van der Waals surface area contributed by atoms with Gasteiger partial charge in [-0.05, 0) is 19.3 Å². The standard InChI is InChI=1S/C22H34N4O10/c27-16(4-7-19(30)31)23-10-2-1-3-15(24-17(28)5-8-20(32)33)22(36)26-13-11-25(12-14-26)18(29)6-9-21(34)35/h15H,1-14H2,(H,23,27)(H,24,28)(H,30,31)(H,32,33)(H,34,35)/t15-/m0/s1. The minimum atomic E-state index is -1.14. The molecule has 0 radical (unpaired) electrons. The lowest BCUT2D eigenvalue weighted by Gasteiger charge is -2.36. The predicted molar refractivity (Wildman–Crippen MR) is 123 cm³/mol. The van der Waals surface area contributed by atoms with E-state index in [9.17, 15) is 33.6 Å². The van der Waals surface area contributed by atoms with Crippen LogP contribution in [0.25, 0.3) is 0 Å². The maximum Gasteiger partial charge on any atom is 0.303 e. The highest BCUT2D eigenvalue weighted by Gasteiger charge is 2.29. The van der Waals surface area contributed by atoms with E-state index in [1.54, 1.807) is 0 Å². The Morgan fingerprint density at radius 3 is 1.69 bits per heavy atom. The Bertz CT molecular complexity index is 824. The van der Waals surface area contributed by atoms with E-state index in [1.807, 2.05) is 0 Å². The third-order valence-corrected chi connectivity index (χ3v) is 5.50. The third-order valence-electron chi connectivity index (χ3n) is 5.50. The predicted octanol–water partition coefficient (Wildman–Crippen LogP) is -0.977. The van der Waals surface area contributed by atoms with Crippen LogP contribution in [0.15, 0.2) is 0 Å². The van der Waals surface area contributed by atoms with Crippen molar-refractivity contribution in [3.63, 3.8) is 0 Å². The molecule has 0 spiro atoms. The third kappa shape index (κ3) is 12.7. The molecule has 0 aromatic heterocycles. The van der Waals surface area contributed by atoms with Gasteiger partial charge < -0.3 is 35.8 Å². The molecule has 5 N–H and O–H groups in total. The van der Waals surface area contributed by atoms with E-state index in [1.165, 1.54) is 9.80 Å². The molecule has 36 heavy (non-hydrogen) atoms. The number of unbranched alkanes of at least 4 members (excludes halogenated alkanes) is 1. The van der Waals surface area contributed by atoms with Crippen molar-refractivity contribution in [2.24, 2.45) is 0 Å². The van der Waals surface area contributed by atoms with Gasteiger partial charge in [0.2, 0.25) is 23.6 Å². The highest BCUT2D eigenvalue weighted by Crippen LogP contribution is 2.11. The Morgan fingerprint density at radius 2 is 1.14 bits per heavy atom. The van der Waals surface area contributed by atoms with E-state index in [0.29, 0.717) is 12.8 Å². The summed E-state index contributed by atoms with van der Waals surface area (Å²) in [5.74, 6) is -4.96. The zero-order valence-electron chi connectivity index (χ0n) is 20.1. The molecule has 0 saturated carbocycles. The summed E-state index contributed by atoms with van der Waals surface area (Å²) in [6, 6.07) is -0.914. The van der Waals surface area contributed by atoms with Gasteiger partial charge in [0.25, 0.3) is 0 Å². The molecule has 14 heteroatoms. The minimum absolute atomic E-state index is 0.127. The van der Waals surface area contributed by atoms with Gasteiger partial charge in [-0.1, -0.05) is 0 Å². The first kappa shape index (κ1) is 30.3. The number of hydrogen-bond acceptors (Lipinski definition) is 7. The zero-order valence-corrected chi connectivity index (χ0v) is 20.1. The first-order chi connectivity index (χ1) is 17.0. The topological polar surface area (TPSA) is 211 Å². The van der Waals surface area contributed by atoms with Gasteiger partial charge in [0, 0.05) is 52.0 Å². The lowest BCUT2D eigenvalue weighted by atomic mass is 10.1. The second-order valence-electron chi connectivity index (χ2n) is 8.35. The summed E-state index contributed by atoms with van der Waals surface area (Å²) in [7, 11) is 0. The van der Waals surface area contributed by atoms with Crippen LogP contribution in [0.4, 0.5) is 0 Å². The SMILES string of the molecule is O=C(O)CCC(=O)NCCCC[C@H](NC(=O)CCC(=O)O)C(=O)N1CCN(C(=O)CCC(=O)O)CC1. The molecule has 14 nitrogen and oxygen atoms in total. The molecule has 1 heterocycles. The van der Waals surface area contributed by atoms with Gasteiger partial charge in [-0.15, -0.1) is 0 Å². The zero-order chi connectivity index (χ0) is 27.1. The average Bonchev–Trinajstić information content (AvgIpc) is 2.83. The Hall–Kier alpha value is -3.71. The molecule has 1 aliphatic rings. The fourth-order valence-electron chi connectivity index (χ4n) is 3.52. The van der Waals surface area contributed by atoms with Crippen molar-refractivity contribution in [3.05, 3.63) is 0 Å². The van der Waals surface area contributed by atoms with Crippen LogP contribution >= 0.6 is 0 Å². The highest BCUT2D eigenvalue weighted by atomic mass is 16.4. The second-order valence-corrected chi connectivity index (χ2v) is 8.35. The Labute approximate surface area is 208 Å². The fraction of sp³-hybridized carbons (Fsp3) is 0.682. The van der Waals surface area contributed by atoms with Crippen LogP contribution in [0, 0.1) is 0 Å². The molecule has 4 amide bonds. The quantitative estimate of drug-likeness (QED) is 0.159. The van der Waals surface area contributed by atoms with Crippen LogP contribution in [-0.4, -0.2) is 105 Å². The van der Waals surface area contributed by atoms with Crippen molar-refractivity contribution < 1.29 is 48.9 Å². The molecule has 0 aliphatic carbocycles. The number of nitrogens with one attached hydrogen (secondary N) is 2. The van der Waals surface area contributed by atoms with Gasteiger partial charge in [0.05, 0.1) is 19.3 Å². The Kier molecular flexibility index (Phi) is 13.5. The molecule has 1 aliphatic heterocycles. The molecule has 1 saturated heterocycles. The van der Waals surface area contributed by atoms with Crippen LogP contribution in [0.2, 0.25) is 0 Å². The van der Waals surface area contributed by atoms with E-state index in [-0.39, 0.29) is 89.5 Å². The summed E-state index contributed by atoms with van der Waals surface area (Å²) in [5, 5.41) is 31.3. The van der Waals surface area contributed by atoms with Crippen LogP contribution in [0.3, 0.4) is 0 Å². The number of aliphatic carboxylic acids is 3. The number of carbonyl (C=O) groups excluding carboxylic acids is 4. The molecule has 202 valence electrons. The maximum atomic E-state index is 13.1. The summed E-state index contributed by atoms with van der Waals surface area (Å²) >= 11 is 0. The number of carbonyl (C=O) groups is 7. The number of carboxylic acid groups (broad SMARTS) is 3. The molecule has 1 fully saturated rings. The van der Waals surface area contributed by atoms with Gasteiger partial charge in [-0.2, -0.15) is 0 Å². The average molecular weight is 515 g/mol. The van der Waals surface area contributed by atoms with Crippen molar-refractivity contribution in [1.29, 1.82) is 0 Å². The maximum absolute atomic E-state index is 13.1. The molecular formula is C22H34N4O10. The summed E-state index contributed by atoms with van der Waals surface area (Å²) in [5.41, 5.74) is 0. The van der Waals surface area contributed by atoms with E-state index < -0.39 is 35.8 Å². The summed E-state index contributed by atoms with van der Waals surface area (Å²) in [6.45, 7) is 1.14. The number of amides is 4. The minimum Gasteiger partial charge on any atom is -0.481 e. The van der Waals surface area contributed by atoms with Crippen molar-refractivity contribution >= 4 is 41.5 Å². The number of carboxylic acids is 3. The second kappa shape index (κ2) is 16.1. The van der Waals surface area contributed by atoms with E-state index in [2.05, 4.69) is 10.6 Å². The van der Waals surface area contributed by atoms with Gasteiger partial charge >= 0.3 is 17.9 Å². The fourth-order valence-corrected chi connectivity index (χ4v) is 3.52. The first-order valence-electron chi connectivity index (χ1n) is 11.8. The smallest absolute Gasteiger partial charge is 0.303 e. The van der Waals surface area contributed by atoms with Crippen molar-refractivity contribution in [2.45, 2.75) is 63.8 Å². The largest absolute Gasteiger partial charge is 0.481 e.